The number of nitrogens with zero attached hydrogens (tertiary/aromatic N) is 2. The van der Waals surface area contributed by atoms with Gasteiger partial charge in [-0.2, -0.15) is 0 Å². The lowest BCUT2D eigenvalue weighted by Crippen LogP contribution is -2.50. The minimum atomic E-state index is 0.0462. The molecule has 0 saturated carbocycles. The summed E-state index contributed by atoms with van der Waals surface area (Å²) in [5, 5.41) is 3.54. The van der Waals surface area contributed by atoms with E-state index in [2.05, 4.69) is 24.2 Å². The van der Waals surface area contributed by atoms with E-state index in [1.807, 2.05) is 18.0 Å². The number of amides is 1. The van der Waals surface area contributed by atoms with Crippen molar-refractivity contribution in [3.8, 4) is 0 Å². The quantitative estimate of drug-likeness (QED) is 0.378. The number of hydrogen-bond acceptors (Lipinski definition) is 3. The maximum Gasteiger partial charge on any atom is 0.227 e. The van der Waals surface area contributed by atoms with E-state index in [1.165, 1.54) is 77.0 Å². The van der Waals surface area contributed by atoms with Crippen LogP contribution >= 0.6 is 0 Å². The minimum absolute atomic E-state index is 0.0462. The maximum absolute atomic E-state index is 12.5. The predicted molar refractivity (Wildman–Crippen MR) is 117 cm³/mol. The van der Waals surface area contributed by atoms with Crippen molar-refractivity contribution in [1.82, 2.24) is 10.2 Å². The van der Waals surface area contributed by atoms with Crippen molar-refractivity contribution in [3.05, 3.63) is 0 Å². The number of unbranched alkanes of at least 4 members (excludes halogenated alkanes) is 11. The highest BCUT2D eigenvalue weighted by Gasteiger charge is 2.24. The van der Waals surface area contributed by atoms with Crippen LogP contribution in [0.3, 0.4) is 0 Å². The van der Waals surface area contributed by atoms with Gasteiger partial charge in [0.1, 0.15) is 0 Å². The van der Waals surface area contributed by atoms with Gasteiger partial charge in [0.25, 0.3) is 0 Å². The van der Waals surface area contributed by atoms with E-state index in [9.17, 15) is 4.79 Å². The van der Waals surface area contributed by atoms with Crippen LogP contribution in [0.4, 0.5) is 0 Å². The van der Waals surface area contributed by atoms with E-state index in [4.69, 9.17) is 0 Å². The second kappa shape index (κ2) is 16.1. The van der Waals surface area contributed by atoms with E-state index >= 15 is 0 Å². The Kier molecular flexibility index (Phi) is 14.4. The summed E-state index contributed by atoms with van der Waals surface area (Å²) >= 11 is 0. The van der Waals surface area contributed by atoms with E-state index in [0.29, 0.717) is 0 Å². The summed E-state index contributed by atoms with van der Waals surface area (Å²) in [6, 6.07) is 0. The number of carbonyl (C=O) groups is 1. The predicted octanol–water partition coefficient (Wildman–Crippen LogP) is 5.56. The van der Waals surface area contributed by atoms with Crippen molar-refractivity contribution in [2.75, 3.05) is 19.6 Å². The second-order valence-electron chi connectivity index (χ2n) is 8.28. The molecule has 2 unspecified atom stereocenters. The molecule has 2 atom stereocenters. The summed E-state index contributed by atoms with van der Waals surface area (Å²) < 4.78 is 0. The molecule has 1 rings (SSSR count). The Morgan fingerprint density at radius 2 is 1.59 bits per heavy atom. The molecule has 1 aliphatic heterocycles. The molecule has 0 spiro atoms. The molecule has 1 N–H and O–H groups in total. The fourth-order valence-corrected chi connectivity index (χ4v) is 3.76. The Morgan fingerprint density at radius 3 is 2.19 bits per heavy atom. The van der Waals surface area contributed by atoms with E-state index in [0.717, 1.165) is 26.1 Å². The fraction of sp³-hybridized carbons (Fsp3) is 0.913. The Labute approximate surface area is 168 Å². The lowest BCUT2D eigenvalue weighted by atomic mass is 10.1. The normalized spacial score (nSPS) is 20.3. The monoisotopic (exact) mass is 379 g/mol. The third-order valence-electron chi connectivity index (χ3n) is 5.70. The fourth-order valence-electron chi connectivity index (χ4n) is 3.76. The summed E-state index contributed by atoms with van der Waals surface area (Å²) in [4.78, 5) is 18.8. The molecular weight excluding hydrogens is 334 g/mol. The Balaban J connectivity index is 1.98. The molecule has 158 valence electrons. The van der Waals surface area contributed by atoms with Crippen LogP contribution in [0.15, 0.2) is 4.99 Å². The van der Waals surface area contributed by atoms with Gasteiger partial charge in [0.05, 0.1) is 12.7 Å². The molecule has 0 saturated heterocycles. The summed E-state index contributed by atoms with van der Waals surface area (Å²) in [6.07, 6.45) is 19.3. The Bertz CT molecular complexity index is 397. The summed E-state index contributed by atoms with van der Waals surface area (Å²) in [7, 11) is 0. The van der Waals surface area contributed by atoms with Crippen LogP contribution in [0.5, 0.6) is 0 Å². The van der Waals surface area contributed by atoms with E-state index in [-0.39, 0.29) is 18.0 Å². The molecule has 27 heavy (non-hydrogen) atoms. The first-order valence-electron chi connectivity index (χ1n) is 11.7. The summed E-state index contributed by atoms with van der Waals surface area (Å²) in [5.74, 6) is 0.306. The minimum Gasteiger partial charge on any atom is -0.325 e. The zero-order valence-corrected chi connectivity index (χ0v) is 18.3. The van der Waals surface area contributed by atoms with Crippen molar-refractivity contribution in [1.29, 1.82) is 0 Å². The zero-order chi connectivity index (χ0) is 19.7. The summed E-state index contributed by atoms with van der Waals surface area (Å²) in [6.45, 7) is 8.84. The molecule has 1 aliphatic rings. The maximum atomic E-state index is 12.5. The zero-order valence-electron chi connectivity index (χ0n) is 18.3. The van der Waals surface area contributed by atoms with E-state index < -0.39 is 0 Å². The van der Waals surface area contributed by atoms with Gasteiger partial charge in [-0.3, -0.25) is 15.1 Å². The van der Waals surface area contributed by atoms with Gasteiger partial charge < -0.3 is 4.90 Å². The largest absolute Gasteiger partial charge is 0.325 e. The highest BCUT2D eigenvalue weighted by Crippen LogP contribution is 2.13. The number of hydrogen-bond donors (Lipinski definition) is 1. The average Bonchev–Trinajstić information content (AvgIpc) is 2.66. The number of aliphatic imine (C=N–C) groups is 1. The van der Waals surface area contributed by atoms with Gasteiger partial charge in [-0.05, 0) is 32.5 Å². The average molecular weight is 380 g/mol. The van der Waals surface area contributed by atoms with Crippen LogP contribution in [-0.2, 0) is 4.79 Å². The molecular formula is C23H45N3O. The van der Waals surface area contributed by atoms with Gasteiger partial charge in [-0.25, -0.2) is 0 Å². The highest BCUT2D eigenvalue weighted by atomic mass is 16.2. The van der Waals surface area contributed by atoms with Crippen LogP contribution < -0.4 is 5.32 Å². The van der Waals surface area contributed by atoms with Crippen LogP contribution in [-0.4, -0.2) is 42.8 Å². The van der Waals surface area contributed by atoms with Gasteiger partial charge in [-0.15, -0.1) is 0 Å². The first kappa shape index (κ1) is 24.1. The molecule has 1 heterocycles. The molecule has 0 bridgehead atoms. The summed E-state index contributed by atoms with van der Waals surface area (Å²) in [5.41, 5.74) is 0. The Morgan fingerprint density at radius 1 is 1.04 bits per heavy atom. The van der Waals surface area contributed by atoms with Gasteiger partial charge in [0.15, 0.2) is 0 Å². The molecule has 0 aromatic carbocycles. The molecule has 0 aliphatic carbocycles. The highest BCUT2D eigenvalue weighted by molar-refractivity contribution is 5.82. The van der Waals surface area contributed by atoms with Crippen molar-refractivity contribution in [2.24, 2.45) is 10.9 Å². The molecule has 0 radical (unpaired) electrons. The Hall–Kier alpha value is -0.900. The molecule has 4 heteroatoms. The van der Waals surface area contributed by atoms with Gasteiger partial charge in [-0.1, -0.05) is 84.5 Å². The molecule has 4 nitrogen and oxygen atoms in total. The smallest absolute Gasteiger partial charge is 0.227 e. The van der Waals surface area contributed by atoms with Crippen molar-refractivity contribution in [2.45, 2.75) is 110 Å². The third-order valence-corrected chi connectivity index (χ3v) is 5.70. The standard InChI is InChI=1S/C23H45N3O/c1-4-5-6-7-8-9-10-11-12-13-14-15-17-25-22(3)26-20-19-24-18-16-21(2)23(26)27/h18,21-22,25H,4-17,19-20H2,1-3H3/b24-18-. The molecule has 1 amide bonds. The molecule has 0 fully saturated rings. The lowest BCUT2D eigenvalue weighted by molar-refractivity contribution is -0.137. The van der Waals surface area contributed by atoms with Crippen molar-refractivity contribution < 1.29 is 4.79 Å². The first-order chi connectivity index (χ1) is 13.2. The van der Waals surface area contributed by atoms with Crippen LogP contribution in [0.25, 0.3) is 0 Å². The van der Waals surface area contributed by atoms with Crippen LogP contribution in [0.1, 0.15) is 104 Å². The van der Waals surface area contributed by atoms with Crippen LogP contribution in [0.2, 0.25) is 0 Å². The number of nitrogens with one attached hydrogen (secondary N) is 1. The van der Waals surface area contributed by atoms with Gasteiger partial charge >= 0.3 is 0 Å². The van der Waals surface area contributed by atoms with E-state index in [1.54, 1.807) is 0 Å². The SMILES string of the molecule is CCCCCCCCCCCCCCNC(C)N1CC/N=C\CC(C)C1=O. The lowest BCUT2D eigenvalue weighted by Gasteiger charge is -2.32. The number of carbonyl (C=O) groups excluding carboxylic acids is 1. The van der Waals surface area contributed by atoms with Crippen LogP contribution in [0, 0.1) is 5.92 Å². The first-order valence-corrected chi connectivity index (χ1v) is 11.7. The third kappa shape index (κ3) is 11.5. The van der Waals surface area contributed by atoms with Gasteiger partial charge in [0.2, 0.25) is 5.91 Å². The molecule has 0 aromatic rings. The number of rotatable bonds is 15. The van der Waals surface area contributed by atoms with Crippen molar-refractivity contribution >= 4 is 12.1 Å². The topological polar surface area (TPSA) is 44.7 Å². The van der Waals surface area contributed by atoms with Crippen molar-refractivity contribution in [3.63, 3.8) is 0 Å². The molecule has 0 aromatic heterocycles. The second-order valence-corrected chi connectivity index (χ2v) is 8.28. The van der Waals surface area contributed by atoms with Gasteiger partial charge in [0, 0.05) is 12.5 Å².